The molecule has 1 N–H and O–H groups in total. The van der Waals surface area contributed by atoms with E-state index in [-0.39, 0.29) is 0 Å². The Labute approximate surface area is 90.1 Å². The molecule has 0 spiro atoms. The van der Waals surface area contributed by atoms with Crippen LogP contribution in [0.3, 0.4) is 0 Å². The molecule has 0 bridgehead atoms. The number of anilines is 1. The van der Waals surface area contributed by atoms with Crippen molar-refractivity contribution >= 4 is 5.82 Å². The quantitative estimate of drug-likeness (QED) is 0.799. The molecule has 2 rings (SSSR count). The van der Waals surface area contributed by atoms with E-state index >= 15 is 0 Å². The molecule has 1 aliphatic carbocycles. The van der Waals surface area contributed by atoms with Crippen molar-refractivity contribution in [1.29, 1.82) is 5.26 Å². The second-order valence-corrected chi connectivity index (χ2v) is 4.19. The lowest BCUT2D eigenvalue weighted by atomic mass is 9.93. The maximum Gasteiger partial charge on any atom is 0.144 e. The fraction of sp³-hybridized carbons (Fsp3) is 0.500. The second-order valence-electron chi connectivity index (χ2n) is 4.19. The van der Waals surface area contributed by atoms with Crippen LogP contribution in [0.2, 0.25) is 0 Å². The largest absolute Gasteiger partial charge is 0.366 e. The van der Waals surface area contributed by atoms with Crippen LogP contribution in [0, 0.1) is 25.2 Å². The number of rotatable bonds is 2. The number of nitrogens with one attached hydrogen (secondary N) is 1. The van der Waals surface area contributed by atoms with Crippen molar-refractivity contribution < 1.29 is 0 Å². The maximum absolute atomic E-state index is 9.06. The minimum Gasteiger partial charge on any atom is -0.366 e. The first-order valence-corrected chi connectivity index (χ1v) is 5.35. The summed E-state index contributed by atoms with van der Waals surface area (Å²) in [6.07, 6.45) is 3.67. The maximum atomic E-state index is 9.06. The number of aryl methyl sites for hydroxylation is 2. The Morgan fingerprint density at radius 3 is 2.73 bits per heavy atom. The summed E-state index contributed by atoms with van der Waals surface area (Å²) in [6.45, 7) is 3.92. The zero-order valence-corrected chi connectivity index (χ0v) is 9.17. The average molecular weight is 201 g/mol. The molecule has 1 heterocycles. The molecule has 1 fully saturated rings. The van der Waals surface area contributed by atoms with Crippen LogP contribution in [0.25, 0.3) is 0 Å². The molecule has 15 heavy (non-hydrogen) atoms. The lowest BCUT2D eigenvalue weighted by molar-refractivity contribution is 0.444. The van der Waals surface area contributed by atoms with Crippen molar-refractivity contribution in [2.75, 3.05) is 5.32 Å². The Hall–Kier alpha value is -1.56. The third-order valence-electron chi connectivity index (χ3n) is 2.90. The van der Waals surface area contributed by atoms with Crippen LogP contribution >= 0.6 is 0 Å². The van der Waals surface area contributed by atoms with E-state index in [2.05, 4.69) is 16.4 Å². The van der Waals surface area contributed by atoms with Gasteiger partial charge in [0.05, 0.1) is 5.56 Å². The third-order valence-corrected chi connectivity index (χ3v) is 2.90. The molecule has 1 saturated carbocycles. The first-order valence-electron chi connectivity index (χ1n) is 5.35. The molecule has 0 aromatic carbocycles. The van der Waals surface area contributed by atoms with E-state index in [1.807, 2.05) is 19.9 Å². The summed E-state index contributed by atoms with van der Waals surface area (Å²) in [5.41, 5.74) is 2.66. The zero-order chi connectivity index (χ0) is 10.8. The van der Waals surface area contributed by atoms with Gasteiger partial charge in [-0.1, -0.05) is 0 Å². The summed E-state index contributed by atoms with van der Waals surface area (Å²) in [5.74, 6) is 0.764. The Morgan fingerprint density at radius 2 is 2.20 bits per heavy atom. The standard InChI is InChI=1S/C12H15N3/c1-8-6-9(2)14-12(11(8)7-13)15-10-4-3-5-10/h6,10H,3-5H2,1-2H3,(H,14,15). The number of hydrogen-bond donors (Lipinski definition) is 1. The van der Waals surface area contributed by atoms with Gasteiger partial charge in [0.2, 0.25) is 0 Å². The SMILES string of the molecule is Cc1cc(C)c(C#N)c(NC2CCC2)n1. The first-order chi connectivity index (χ1) is 7.20. The van der Waals surface area contributed by atoms with Gasteiger partial charge in [-0.05, 0) is 44.7 Å². The summed E-state index contributed by atoms with van der Waals surface area (Å²) >= 11 is 0. The van der Waals surface area contributed by atoms with Crippen LogP contribution in [0.4, 0.5) is 5.82 Å². The minimum absolute atomic E-state index is 0.519. The smallest absolute Gasteiger partial charge is 0.144 e. The van der Waals surface area contributed by atoms with E-state index in [0.717, 1.165) is 17.1 Å². The molecule has 1 aromatic heterocycles. The molecule has 1 aliphatic rings. The highest BCUT2D eigenvalue weighted by Gasteiger charge is 2.19. The number of aromatic nitrogens is 1. The second kappa shape index (κ2) is 3.90. The Balaban J connectivity index is 2.31. The van der Waals surface area contributed by atoms with Crippen LogP contribution in [0.1, 0.15) is 36.1 Å². The molecule has 0 saturated heterocycles. The highest BCUT2D eigenvalue weighted by atomic mass is 15.0. The van der Waals surface area contributed by atoms with Crippen molar-refractivity contribution in [2.45, 2.75) is 39.2 Å². The van der Waals surface area contributed by atoms with Gasteiger partial charge in [-0.3, -0.25) is 0 Å². The van der Waals surface area contributed by atoms with E-state index in [0.29, 0.717) is 11.6 Å². The highest BCUT2D eigenvalue weighted by molar-refractivity contribution is 5.57. The molecule has 1 aromatic rings. The van der Waals surface area contributed by atoms with Crippen LogP contribution in [-0.4, -0.2) is 11.0 Å². The van der Waals surface area contributed by atoms with Crippen LogP contribution in [0.5, 0.6) is 0 Å². The Kier molecular flexibility index (Phi) is 2.59. The predicted octanol–water partition coefficient (Wildman–Crippen LogP) is 2.53. The fourth-order valence-corrected chi connectivity index (χ4v) is 1.83. The first kappa shape index (κ1) is 9.97. The van der Waals surface area contributed by atoms with Gasteiger partial charge in [0.25, 0.3) is 0 Å². The molecule has 0 amide bonds. The van der Waals surface area contributed by atoms with Gasteiger partial charge in [0.15, 0.2) is 0 Å². The minimum atomic E-state index is 0.519. The van der Waals surface area contributed by atoms with E-state index in [1.165, 1.54) is 19.3 Å². The predicted molar refractivity (Wildman–Crippen MR) is 59.7 cm³/mol. The Morgan fingerprint density at radius 1 is 1.47 bits per heavy atom. The summed E-state index contributed by atoms with van der Waals surface area (Å²) in [4.78, 5) is 4.39. The molecule has 0 unspecified atom stereocenters. The molecule has 3 nitrogen and oxygen atoms in total. The van der Waals surface area contributed by atoms with Gasteiger partial charge in [0.1, 0.15) is 11.9 Å². The van der Waals surface area contributed by atoms with Crippen LogP contribution in [-0.2, 0) is 0 Å². The van der Waals surface area contributed by atoms with Crippen LogP contribution < -0.4 is 5.32 Å². The van der Waals surface area contributed by atoms with E-state index in [1.54, 1.807) is 0 Å². The van der Waals surface area contributed by atoms with Crippen molar-refractivity contribution in [2.24, 2.45) is 0 Å². The fourth-order valence-electron chi connectivity index (χ4n) is 1.83. The summed E-state index contributed by atoms with van der Waals surface area (Å²) in [5, 5.41) is 12.4. The van der Waals surface area contributed by atoms with Gasteiger partial charge in [-0.15, -0.1) is 0 Å². The van der Waals surface area contributed by atoms with Crippen LogP contribution in [0.15, 0.2) is 6.07 Å². The Bertz CT molecular complexity index is 414. The van der Waals surface area contributed by atoms with Gasteiger partial charge in [-0.2, -0.15) is 5.26 Å². The summed E-state index contributed by atoms with van der Waals surface area (Å²) in [7, 11) is 0. The van der Waals surface area contributed by atoms with Crippen molar-refractivity contribution in [3.05, 3.63) is 22.9 Å². The molecular formula is C12H15N3. The molecule has 0 radical (unpaired) electrons. The summed E-state index contributed by atoms with van der Waals surface area (Å²) in [6, 6.07) is 4.69. The normalized spacial score (nSPS) is 15.5. The van der Waals surface area contributed by atoms with Gasteiger partial charge in [0, 0.05) is 11.7 Å². The average Bonchev–Trinajstić information content (AvgIpc) is 2.10. The third kappa shape index (κ3) is 1.94. The lowest BCUT2D eigenvalue weighted by Gasteiger charge is -2.27. The molecule has 0 atom stereocenters. The number of nitrogens with zero attached hydrogens (tertiary/aromatic N) is 2. The van der Waals surface area contributed by atoms with E-state index < -0.39 is 0 Å². The van der Waals surface area contributed by atoms with Gasteiger partial charge < -0.3 is 5.32 Å². The summed E-state index contributed by atoms with van der Waals surface area (Å²) < 4.78 is 0. The van der Waals surface area contributed by atoms with E-state index in [9.17, 15) is 0 Å². The van der Waals surface area contributed by atoms with Gasteiger partial charge in [-0.25, -0.2) is 4.98 Å². The van der Waals surface area contributed by atoms with E-state index in [4.69, 9.17) is 5.26 Å². The molecule has 3 heteroatoms. The molecule has 0 aliphatic heterocycles. The van der Waals surface area contributed by atoms with Gasteiger partial charge >= 0.3 is 0 Å². The lowest BCUT2D eigenvalue weighted by Crippen LogP contribution is -2.28. The number of pyridine rings is 1. The highest BCUT2D eigenvalue weighted by Crippen LogP contribution is 2.25. The van der Waals surface area contributed by atoms with Crippen molar-refractivity contribution in [3.63, 3.8) is 0 Å². The monoisotopic (exact) mass is 201 g/mol. The molecule has 78 valence electrons. The topological polar surface area (TPSA) is 48.7 Å². The van der Waals surface area contributed by atoms with Crippen molar-refractivity contribution in [1.82, 2.24) is 4.98 Å². The van der Waals surface area contributed by atoms with Crippen molar-refractivity contribution in [3.8, 4) is 6.07 Å². The number of hydrogen-bond acceptors (Lipinski definition) is 3. The molecular weight excluding hydrogens is 186 g/mol. The zero-order valence-electron chi connectivity index (χ0n) is 9.17. The number of nitriles is 1.